The molecule has 5 nitrogen and oxygen atoms in total. The van der Waals surface area contributed by atoms with Crippen LogP contribution in [0.4, 0.5) is 4.79 Å². The number of aryl methyl sites for hydroxylation is 1. The predicted octanol–water partition coefficient (Wildman–Crippen LogP) is 1.74. The number of para-hydroxylation sites is 1. The Labute approximate surface area is 79.8 Å². The van der Waals surface area contributed by atoms with Crippen molar-refractivity contribution in [3.05, 3.63) is 23.8 Å². The molecular weight excluding hydrogens is 188 g/mol. The average Bonchev–Trinajstić information content (AvgIpc) is 2.47. The lowest BCUT2D eigenvalue weighted by atomic mass is 10.2. The van der Waals surface area contributed by atoms with Crippen LogP contribution in [0.2, 0.25) is 0 Å². The molecule has 0 bridgehead atoms. The molecule has 0 saturated heterocycles. The fourth-order valence-electron chi connectivity index (χ4n) is 1.22. The van der Waals surface area contributed by atoms with E-state index < -0.39 is 12.6 Å². The summed E-state index contributed by atoms with van der Waals surface area (Å²) in [6, 6.07) is 5.32. The predicted molar refractivity (Wildman–Crippen MR) is 45.3 cm³/mol. The smallest absolute Gasteiger partial charge is 0.450 e. The molecule has 5 heteroatoms. The van der Waals surface area contributed by atoms with Crippen molar-refractivity contribution in [3.8, 4) is 11.5 Å². The van der Waals surface area contributed by atoms with Gasteiger partial charge in [0.05, 0.1) is 0 Å². The number of hydrogen-bond donors (Lipinski definition) is 1. The highest BCUT2D eigenvalue weighted by atomic mass is 16.9. The van der Waals surface area contributed by atoms with E-state index in [1.807, 2.05) is 13.0 Å². The van der Waals surface area contributed by atoms with Crippen LogP contribution in [0.25, 0.3) is 0 Å². The molecule has 0 saturated carbocycles. The van der Waals surface area contributed by atoms with Crippen LogP contribution in [0.15, 0.2) is 18.2 Å². The van der Waals surface area contributed by atoms with E-state index in [-0.39, 0.29) is 0 Å². The minimum atomic E-state index is -1.43. The van der Waals surface area contributed by atoms with Gasteiger partial charge >= 0.3 is 12.6 Å². The Morgan fingerprint density at radius 3 is 2.93 bits per heavy atom. The second-order valence-corrected chi connectivity index (χ2v) is 2.81. The first-order valence-electron chi connectivity index (χ1n) is 3.99. The topological polar surface area (TPSA) is 65.0 Å². The Bertz CT molecular complexity index is 373. The first-order valence-corrected chi connectivity index (χ1v) is 3.99. The molecule has 2 rings (SSSR count). The van der Waals surface area contributed by atoms with Crippen molar-refractivity contribution in [3.63, 3.8) is 0 Å². The summed E-state index contributed by atoms with van der Waals surface area (Å²) >= 11 is 0. The van der Waals surface area contributed by atoms with E-state index in [1.165, 1.54) is 0 Å². The van der Waals surface area contributed by atoms with Crippen LogP contribution in [0.1, 0.15) is 5.56 Å². The van der Waals surface area contributed by atoms with E-state index in [1.54, 1.807) is 12.1 Å². The van der Waals surface area contributed by atoms with Crippen LogP contribution in [0.3, 0.4) is 0 Å². The summed E-state index contributed by atoms with van der Waals surface area (Å²) in [6.45, 7) is 0.648. The summed E-state index contributed by atoms with van der Waals surface area (Å²) in [5.41, 5.74) is 0.874. The van der Waals surface area contributed by atoms with Crippen molar-refractivity contribution in [1.82, 2.24) is 0 Å². The van der Waals surface area contributed by atoms with Gasteiger partial charge in [-0.25, -0.2) is 4.79 Å². The molecule has 1 aromatic rings. The normalized spacial score (nSPS) is 17.9. The summed E-state index contributed by atoms with van der Waals surface area (Å²) in [6.07, 6.45) is -1.43. The highest BCUT2D eigenvalue weighted by molar-refractivity contribution is 5.57. The molecule has 1 aliphatic rings. The Morgan fingerprint density at radius 1 is 1.50 bits per heavy atom. The van der Waals surface area contributed by atoms with Crippen LogP contribution in [-0.4, -0.2) is 17.7 Å². The number of fused-ring (bicyclic) bond motifs is 1. The third-order valence-electron chi connectivity index (χ3n) is 1.81. The molecule has 0 radical (unpaired) electrons. The van der Waals surface area contributed by atoms with E-state index in [0.29, 0.717) is 11.5 Å². The average molecular weight is 196 g/mol. The summed E-state index contributed by atoms with van der Waals surface area (Å²) < 4.78 is 14.5. The number of benzene rings is 1. The lowest BCUT2D eigenvalue weighted by molar-refractivity contribution is -0.147. The van der Waals surface area contributed by atoms with Crippen LogP contribution >= 0.6 is 0 Å². The molecule has 14 heavy (non-hydrogen) atoms. The zero-order chi connectivity index (χ0) is 10.1. The van der Waals surface area contributed by atoms with Gasteiger partial charge in [0.1, 0.15) is 0 Å². The fourth-order valence-corrected chi connectivity index (χ4v) is 1.22. The molecule has 1 unspecified atom stereocenters. The van der Waals surface area contributed by atoms with Crippen molar-refractivity contribution in [1.29, 1.82) is 0 Å². The highest BCUT2D eigenvalue weighted by Crippen LogP contribution is 2.37. The molecule has 1 aliphatic heterocycles. The zero-order valence-electron chi connectivity index (χ0n) is 7.39. The van der Waals surface area contributed by atoms with E-state index in [2.05, 4.69) is 4.74 Å². The van der Waals surface area contributed by atoms with Gasteiger partial charge in [-0.2, -0.15) is 0 Å². The van der Waals surface area contributed by atoms with E-state index in [0.717, 1.165) is 5.56 Å². The van der Waals surface area contributed by atoms with Crippen molar-refractivity contribution >= 4 is 6.16 Å². The minimum absolute atomic E-state index is 0.497. The first-order chi connectivity index (χ1) is 6.66. The van der Waals surface area contributed by atoms with Gasteiger partial charge in [-0.3, -0.25) is 0 Å². The zero-order valence-corrected chi connectivity index (χ0v) is 7.39. The van der Waals surface area contributed by atoms with Crippen LogP contribution < -0.4 is 9.47 Å². The molecule has 0 aliphatic carbocycles. The summed E-state index contributed by atoms with van der Waals surface area (Å²) in [7, 11) is 0. The van der Waals surface area contributed by atoms with Gasteiger partial charge in [-0.05, 0) is 18.6 Å². The molecule has 0 amide bonds. The second-order valence-electron chi connectivity index (χ2n) is 2.81. The van der Waals surface area contributed by atoms with Crippen LogP contribution in [0, 0.1) is 6.92 Å². The Hall–Kier alpha value is -1.91. The largest absolute Gasteiger partial charge is 0.511 e. The van der Waals surface area contributed by atoms with Crippen molar-refractivity contribution in [2.75, 3.05) is 0 Å². The van der Waals surface area contributed by atoms with Crippen LogP contribution in [-0.2, 0) is 4.74 Å². The van der Waals surface area contributed by atoms with Gasteiger partial charge in [0.25, 0.3) is 0 Å². The van der Waals surface area contributed by atoms with Crippen molar-refractivity contribution in [2.24, 2.45) is 0 Å². The van der Waals surface area contributed by atoms with Gasteiger partial charge in [-0.15, -0.1) is 0 Å². The van der Waals surface area contributed by atoms with Gasteiger partial charge in [0, 0.05) is 0 Å². The van der Waals surface area contributed by atoms with Crippen LogP contribution in [0.5, 0.6) is 11.5 Å². The fraction of sp³-hybridized carbons (Fsp3) is 0.222. The SMILES string of the molecule is Cc1cccc2c1OC(OC(=O)O)O2. The van der Waals surface area contributed by atoms with Gasteiger partial charge < -0.3 is 19.3 Å². The maximum atomic E-state index is 10.2. The summed E-state index contributed by atoms with van der Waals surface area (Å²) in [5.74, 6) is 1.02. The third-order valence-corrected chi connectivity index (χ3v) is 1.81. The Kier molecular flexibility index (Phi) is 1.92. The number of hydrogen-bond acceptors (Lipinski definition) is 4. The molecule has 1 N–H and O–H groups in total. The molecular formula is C9H8O5. The first kappa shape index (κ1) is 8.68. The van der Waals surface area contributed by atoms with E-state index >= 15 is 0 Å². The quantitative estimate of drug-likeness (QED) is 0.693. The standard InChI is InChI=1S/C9H8O5/c1-5-3-2-4-6-7(5)13-9(12-6)14-8(10)11/h2-4,9H,1H3,(H,10,11). The molecule has 74 valence electrons. The van der Waals surface area contributed by atoms with Crippen molar-refractivity contribution < 1.29 is 24.1 Å². The number of rotatable bonds is 1. The van der Waals surface area contributed by atoms with Gasteiger partial charge in [0.2, 0.25) is 0 Å². The molecule has 0 aromatic heterocycles. The van der Waals surface area contributed by atoms with Gasteiger partial charge in [-0.1, -0.05) is 12.1 Å². The minimum Gasteiger partial charge on any atom is -0.450 e. The highest BCUT2D eigenvalue weighted by Gasteiger charge is 2.28. The Morgan fingerprint density at radius 2 is 2.29 bits per heavy atom. The molecule has 1 heterocycles. The molecule has 0 fully saturated rings. The lowest BCUT2D eigenvalue weighted by Crippen LogP contribution is -2.24. The number of ether oxygens (including phenoxy) is 3. The summed E-state index contributed by atoms with van der Waals surface area (Å²) in [4.78, 5) is 10.2. The monoisotopic (exact) mass is 196 g/mol. The molecule has 0 spiro atoms. The third kappa shape index (κ3) is 1.44. The maximum absolute atomic E-state index is 10.2. The lowest BCUT2D eigenvalue weighted by Gasteiger charge is -2.07. The second kappa shape index (κ2) is 3.10. The van der Waals surface area contributed by atoms with E-state index in [4.69, 9.17) is 14.6 Å². The van der Waals surface area contributed by atoms with Crippen molar-refractivity contribution in [2.45, 2.75) is 13.4 Å². The number of carbonyl (C=O) groups is 1. The molecule has 1 aromatic carbocycles. The van der Waals surface area contributed by atoms with Gasteiger partial charge in [0.15, 0.2) is 11.5 Å². The number of carboxylic acid groups (broad SMARTS) is 1. The maximum Gasteiger partial charge on any atom is 0.511 e. The summed E-state index contributed by atoms with van der Waals surface area (Å²) in [5, 5.41) is 8.34. The Balaban J connectivity index is 2.18. The van der Waals surface area contributed by atoms with E-state index in [9.17, 15) is 4.79 Å². The molecule has 1 atom stereocenters.